The fourth-order valence-electron chi connectivity index (χ4n) is 4.05. The second kappa shape index (κ2) is 9.87. The van der Waals surface area contributed by atoms with Crippen molar-refractivity contribution in [1.82, 2.24) is 24.9 Å². The van der Waals surface area contributed by atoms with Crippen molar-refractivity contribution in [2.45, 2.75) is 25.7 Å². The maximum absolute atomic E-state index is 13.6. The van der Waals surface area contributed by atoms with E-state index in [-0.39, 0.29) is 5.02 Å². The van der Waals surface area contributed by atoms with Crippen LogP contribution in [0.4, 0.5) is 27.5 Å². The van der Waals surface area contributed by atoms with E-state index in [1.54, 1.807) is 12.3 Å². The zero-order chi connectivity index (χ0) is 23.5. The predicted molar refractivity (Wildman–Crippen MR) is 133 cm³/mol. The highest BCUT2D eigenvalue weighted by molar-refractivity contribution is 6.31. The number of rotatable bonds is 5. The summed E-state index contributed by atoms with van der Waals surface area (Å²) in [5, 5.41) is 7.57. The topological polar surface area (TPSA) is 70.1 Å². The molecular formula is C25H24ClFN7. The molecule has 2 aromatic heterocycles. The van der Waals surface area contributed by atoms with Crippen molar-refractivity contribution in [3.8, 4) is 0 Å². The van der Waals surface area contributed by atoms with E-state index < -0.39 is 5.82 Å². The van der Waals surface area contributed by atoms with Crippen molar-refractivity contribution >= 4 is 45.8 Å². The van der Waals surface area contributed by atoms with Crippen LogP contribution in [0.2, 0.25) is 5.02 Å². The first-order valence-corrected chi connectivity index (χ1v) is 11.6. The number of nitrogens with zero attached hydrogens (tertiary/aromatic N) is 6. The zero-order valence-corrected chi connectivity index (χ0v) is 19.3. The van der Waals surface area contributed by atoms with E-state index in [0.29, 0.717) is 28.5 Å². The Kier molecular flexibility index (Phi) is 6.51. The van der Waals surface area contributed by atoms with Crippen LogP contribution in [0.1, 0.15) is 31.2 Å². The normalized spacial score (nSPS) is 14.7. The van der Waals surface area contributed by atoms with E-state index in [2.05, 4.69) is 37.2 Å². The SMILES string of the molecule is [CH2]c1ccc(N(c2ncc3ncnc(Nc4ccc(F)c(Cl)c4)c3n2)N2CCCCCC2)cc1. The summed E-state index contributed by atoms with van der Waals surface area (Å²) in [5.74, 6) is 0.534. The molecule has 0 atom stereocenters. The quantitative estimate of drug-likeness (QED) is 0.375. The molecule has 0 spiro atoms. The van der Waals surface area contributed by atoms with Crippen LogP contribution in [-0.2, 0) is 0 Å². The van der Waals surface area contributed by atoms with Gasteiger partial charge in [-0.1, -0.05) is 36.6 Å². The molecule has 173 valence electrons. The molecule has 9 heteroatoms. The van der Waals surface area contributed by atoms with Gasteiger partial charge in [0.15, 0.2) is 5.82 Å². The predicted octanol–water partition coefficient (Wildman–Crippen LogP) is 6.07. The van der Waals surface area contributed by atoms with E-state index in [9.17, 15) is 4.39 Å². The second-order valence-electron chi connectivity index (χ2n) is 8.23. The van der Waals surface area contributed by atoms with Crippen LogP contribution < -0.4 is 10.3 Å². The summed E-state index contributed by atoms with van der Waals surface area (Å²) in [6.45, 7) is 5.83. The average Bonchev–Trinajstić information content (AvgIpc) is 3.13. The van der Waals surface area contributed by atoms with Crippen molar-refractivity contribution in [3.05, 3.63) is 78.3 Å². The van der Waals surface area contributed by atoms with Crippen molar-refractivity contribution in [1.29, 1.82) is 0 Å². The Morgan fingerprint density at radius 1 is 0.971 bits per heavy atom. The Morgan fingerprint density at radius 2 is 1.74 bits per heavy atom. The molecule has 0 unspecified atom stereocenters. The Morgan fingerprint density at radius 3 is 2.47 bits per heavy atom. The Hall–Kier alpha value is -3.36. The number of fused-ring (bicyclic) bond motifs is 1. The van der Waals surface area contributed by atoms with Crippen LogP contribution in [0.25, 0.3) is 11.0 Å². The third-order valence-corrected chi connectivity index (χ3v) is 6.07. The molecule has 0 aliphatic carbocycles. The Balaban J connectivity index is 1.57. The number of hydrogen-bond acceptors (Lipinski definition) is 7. The number of benzene rings is 2. The van der Waals surface area contributed by atoms with Crippen LogP contribution in [0.5, 0.6) is 0 Å². The maximum Gasteiger partial charge on any atom is 0.245 e. The summed E-state index contributed by atoms with van der Waals surface area (Å²) in [6.07, 6.45) is 7.78. The molecule has 1 saturated heterocycles. The summed E-state index contributed by atoms with van der Waals surface area (Å²) >= 11 is 5.95. The van der Waals surface area contributed by atoms with Crippen LogP contribution in [0, 0.1) is 12.7 Å². The minimum Gasteiger partial charge on any atom is -0.338 e. The van der Waals surface area contributed by atoms with Gasteiger partial charge in [0.25, 0.3) is 0 Å². The minimum atomic E-state index is -0.481. The molecule has 1 fully saturated rings. The zero-order valence-electron chi connectivity index (χ0n) is 18.6. The molecule has 1 radical (unpaired) electrons. The second-order valence-corrected chi connectivity index (χ2v) is 8.63. The van der Waals surface area contributed by atoms with Crippen LogP contribution in [0.15, 0.2) is 55.0 Å². The highest BCUT2D eigenvalue weighted by Gasteiger charge is 2.23. The van der Waals surface area contributed by atoms with Gasteiger partial charge in [-0.3, -0.25) is 0 Å². The van der Waals surface area contributed by atoms with E-state index in [4.69, 9.17) is 16.6 Å². The average molecular weight is 477 g/mol. The van der Waals surface area contributed by atoms with Crippen molar-refractivity contribution < 1.29 is 4.39 Å². The standard InChI is InChI=1S/C25H24ClFN7/c1-17-6-9-19(10-7-17)34(33-12-4-2-3-5-13-33)25-28-15-22-23(32-25)24(30-16-29-22)31-18-8-11-21(27)20(26)14-18/h6-11,14-16H,1-5,12-13H2,(H,29,30,31). The molecule has 1 N–H and O–H groups in total. The molecule has 4 aromatic rings. The molecule has 1 aliphatic heterocycles. The van der Waals surface area contributed by atoms with Gasteiger partial charge in [-0.05, 0) is 55.7 Å². The summed E-state index contributed by atoms with van der Waals surface area (Å²) < 4.78 is 13.6. The lowest BCUT2D eigenvalue weighted by Gasteiger charge is -2.34. The molecule has 0 bridgehead atoms. The Bertz CT molecular complexity index is 1290. The van der Waals surface area contributed by atoms with Crippen molar-refractivity contribution in [2.75, 3.05) is 23.4 Å². The van der Waals surface area contributed by atoms with Gasteiger partial charge in [0.05, 0.1) is 16.9 Å². The van der Waals surface area contributed by atoms with E-state index >= 15 is 0 Å². The lowest BCUT2D eigenvalue weighted by Crippen LogP contribution is -2.41. The summed E-state index contributed by atoms with van der Waals surface area (Å²) in [7, 11) is 0. The van der Waals surface area contributed by atoms with Gasteiger partial charge in [-0.25, -0.2) is 34.3 Å². The third-order valence-electron chi connectivity index (χ3n) is 5.78. The molecule has 1 aliphatic rings. The molecule has 5 rings (SSSR count). The first-order valence-electron chi connectivity index (χ1n) is 11.3. The summed E-state index contributed by atoms with van der Waals surface area (Å²) in [5.41, 5.74) is 3.66. The molecular weight excluding hydrogens is 453 g/mol. The van der Waals surface area contributed by atoms with Crippen molar-refractivity contribution in [3.63, 3.8) is 0 Å². The molecule has 0 saturated carbocycles. The summed E-state index contributed by atoms with van der Waals surface area (Å²) in [6, 6.07) is 12.4. The molecule has 0 amide bonds. The molecule has 34 heavy (non-hydrogen) atoms. The smallest absolute Gasteiger partial charge is 0.245 e. The van der Waals surface area contributed by atoms with Gasteiger partial charge < -0.3 is 5.32 Å². The lowest BCUT2D eigenvalue weighted by molar-refractivity contribution is 0.285. The monoisotopic (exact) mass is 476 g/mol. The molecule has 2 aromatic carbocycles. The number of nitrogens with one attached hydrogen (secondary N) is 1. The number of aromatic nitrogens is 4. The van der Waals surface area contributed by atoms with Gasteiger partial charge in [0.1, 0.15) is 23.2 Å². The van der Waals surface area contributed by atoms with Gasteiger partial charge in [-0.15, -0.1) is 0 Å². The fraction of sp³-hybridized carbons (Fsp3) is 0.240. The third kappa shape index (κ3) is 4.78. The highest BCUT2D eigenvalue weighted by atomic mass is 35.5. The van der Waals surface area contributed by atoms with E-state index in [0.717, 1.165) is 37.2 Å². The number of halogens is 2. The van der Waals surface area contributed by atoms with Crippen LogP contribution >= 0.6 is 11.6 Å². The van der Waals surface area contributed by atoms with E-state index in [1.807, 2.05) is 24.3 Å². The molecule has 7 nitrogen and oxygen atoms in total. The van der Waals surface area contributed by atoms with Crippen LogP contribution in [-0.4, -0.2) is 38.0 Å². The largest absolute Gasteiger partial charge is 0.338 e. The maximum atomic E-state index is 13.6. The van der Waals surface area contributed by atoms with Crippen LogP contribution in [0.3, 0.4) is 0 Å². The first-order chi connectivity index (χ1) is 16.6. The Labute approximate surface area is 202 Å². The van der Waals surface area contributed by atoms with Gasteiger partial charge >= 0.3 is 0 Å². The van der Waals surface area contributed by atoms with Gasteiger partial charge in [0.2, 0.25) is 5.95 Å². The summed E-state index contributed by atoms with van der Waals surface area (Å²) in [4.78, 5) is 18.2. The fourth-order valence-corrected chi connectivity index (χ4v) is 4.23. The van der Waals surface area contributed by atoms with Gasteiger partial charge in [0, 0.05) is 18.8 Å². The number of anilines is 4. The van der Waals surface area contributed by atoms with E-state index in [1.165, 1.54) is 31.3 Å². The molecule has 3 heterocycles. The van der Waals surface area contributed by atoms with Gasteiger partial charge in [-0.2, -0.15) is 0 Å². The number of hydrazine groups is 1. The minimum absolute atomic E-state index is 0.0277. The highest BCUT2D eigenvalue weighted by Crippen LogP contribution is 2.30. The lowest BCUT2D eigenvalue weighted by atomic mass is 10.2. The van der Waals surface area contributed by atoms with Crippen molar-refractivity contribution in [2.24, 2.45) is 0 Å². The number of hydrogen-bond donors (Lipinski definition) is 1. The first kappa shape index (κ1) is 22.4.